The molecular formula is C14H16N2O4. The van der Waals surface area contributed by atoms with Gasteiger partial charge < -0.3 is 15.7 Å². The molecule has 1 saturated heterocycles. The highest BCUT2D eigenvalue weighted by Gasteiger charge is 2.27. The monoisotopic (exact) mass is 276 g/mol. The lowest BCUT2D eigenvalue weighted by Crippen LogP contribution is -2.44. The molecule has 1 fully saturated rings. The molecule has 0 saturated carbocycles. The number of carboxylic acid groups (broad SMARTS) is 1. The number of carbonyl (C=O) groups is 3. The van der Waals surface area contributed by atoms with Gasteiger partial charge in [0.15, 0.2) is 0 Å². The lowest BCUT2D eigenvalue weighted by atomic mass is 9.96. The maximum atomic E-state index is 12.3. The fourth-order valence-corrected chi connectivity index (χ4v) is 2.36. The molecule has 1 aromatic carbocycles. The molecule has 0 aromatic heterocycles. The third-order valence-electron chi connectivity index (χ3n) is 3.47. The molecule has 6 nitrogen and oxygen atoms in total. The first kappa shape index (κ1) is 14.0. The molecule has 0 radical (unpaired) electrons. The summed E-state index contributed by atoms with van der Waals surface area (Å²) in [6.07, 6.45) is 1.41. The van der Waals surface area contributed by atoms with Crippen LogP contribution in [0, 0.1) is 5.92 Å². The van der Waals surface area contributed by atoms with Crippen molar-refractivity contribution in [3.05, 3.63) is 35.4 Å². The van der Waals surface area contributed by atoms with Crippen molar-refractivity contribution >= 4 is 17.8 Å². The number of benzene rings is 1. The summed E-state index contributed by atoms with van der Waals surface area (Å²) in [4.78, 5) is 36.0. The van der Waals surface area contributed by atoms with Crippen LogP contribution < -0.4 is 5.73 Å². The van der Waals surface area contributed by atoms with Crippen molar-refractivity contribution in [2.75, 3.05) is 13.1 Å². The van der Waals surface area contributed by atoms with E-state index in [0.717, 1.165) is 6.42 Å². The summed E-state index contributed by atoms with van der Waals surface area (Å²) in [6, 6.07) is 5.88. The Morgan fingerprint density at radius 2 is 1.95 bits per heavy atom. The fourth-order valence-electron chi connectivity index (χ4n) is 2.36. The van der Waals surface area contributed by atoms with Crippen molar-refractivity contribution in [1.29, 1.82) is 0 Å². The van der Waals surface area contributed by atoms with E-state index in [1.165, 1.54) is 18.2 Å². The summed E-state index contributed by atoms with van der Waals surface area (Å²) in [5.41, 5.74) is 5.66. The second-order valence-corrected chi connectivity index (χ2v) is 4.88. The smallest absolute Gasteiger partial charge is 0.335 e. The van der Waals surface area contributed by atoms with E-state index in [4.69, 9.17) is 10.8 Å². The minimum Gasteiger partial charge on any atom is -0.478 e. The number of primary amides is 1. The van der Waals surface area contributed by atoms with Gasteiger partial charge in [-0.15, -0.1) is 0 Å². The molecule has 3 N–H and O–H groups in total. The van der Waals surface area contributed by atoms with Gasteiger partial charge in [0.05, 0.1) is 11.5 Å². The van der Waals surface area contributed by atoms with E-state index in [9.17, 15) is 14.4 Å². The first-order valence-electron chi connectivity index (χ1n) is 6.41. The summed E-state index contributed by atoms with van der Waals surface area (Å²) in [6.45, 7) is 0.853. The van der Waals surface area contributed by atoms with Crippen molar-refractivity contribution in [3.8, 4) is 0 Å². The molecule has 1 aromatic rings. The second kappa shape index (κ2) is 5.73. The van der Waals surface area contributed by atoms with E-state index >= 15 is 0 Å². The first-order valence-corrected chi connectivity index (χ1v) is 6.41. The fraction of sp³-hybridized carbons (Fsp3) is 0.357. The lowest BCUT2D eigenvalue weighted by Gasteiger charge is -2.31. The van der Waals surface area contributed by atoms with Crippen LogP contribution in [-0.4, -0.2) is 40.9 Å². The Balaban J connectivity index is 2.16. The van der Waals surface area contributed by atoms with Crippen LogP contribution in [-0.2, 0) is 4.79 Å². The molecule has 20 heavy (non-hydrogen) atoms. The summed E-state index contributed by atoms with van der Waals surface area (Å²) >= 11 is 0. The average Bonchev–Trinajstić information content (AvgIpc) is 2.46. The molecule has 1 unspecified atom stereocenters. The van der Waals surface area contributed by atoms with E-state index in [2.05, 4.69) is 0 Å². The van der Waals surface area contributed by atoms with Gasteiger partial charge in [0.2, 0.25) is 5.91 Å². The molecule has 106 valence electrons. The Labute approximate surface area is 116 Å². The highest BCUT2D eigenvalue weighted by atomic mass is 16.4. The number of carboxylic acids is 1. The predicted octanol–water partition coefficient (Wildman–Crippen LogP) is 0.722. The maximum Gasteiger partial charge on any atom is 0.335 e. The highest BCUT2D eigenvalue weighted by Crippen LogP contribution is 2.18. The van der Waals surface area contributed by atoms with Crippen LogP contribution in [0.5, 0.6) is 0 Å². The van der Waals surface area contributed by atoms with Crippen molar-refractivity contribution < 1.29 is 19.5 Å². The zero-order chi connectivity index (χ0) is 14.7. The van der Waals surface area contributed by atoms with Crippen LogP contribution in [0.15, 0.2) is 24.3 Å². The highest BCUT2D eigenvalue weighted by molar-refractivity contribution is 5.97. The topological polar surface area (TPSA) is 101 Å². The summed E-state index contributed by atoms with van der Waals surface area (Å²) in [5.74, 6) is -2.07. The number of hydrogen-bond donors (Lipinski definition) is 2. The van der Waals surface area contributed by atoms with Gasteiger partial charge in [0.1, 0.15) is 0 Å². The number of hydrogen-bond acceptors (Lipinski definition) is 3. The standard InChI is InChI=1S/C14H16N2O4/c15-12(17)11-5-2-6-16(8-11)13(18)9-3-1-4-10(7-9)14(19)20/h1,3-4,7,11H,2,5-6,8H2,(H2,15,17)(H,19,20). The molecule has 0 bridgehead atoms. The lowest BCUT2D eigenvalue weighted by molar-refractivity contribution is -0.123. The molecule has 1 aliphatic rings. The van der Waals surface area contributed by atoms with Crippen molar-refractivity contribution in [2.24, 2.45) is 11.7 Å². The Morgan fingerprint density at radius 1 is 1.25 bits per heavy atom. The number of likely N-dealkylation sites (tertiary alicyclic amines) is 1. The maximum absolute atomic E-state index is 12.3. The third-order valence-corrected chi connectivity index (χ3v) is 3.47. The Kier molecular flexibility index (Phi) is 4.02. The number of nitrogens with two attached hydrogens (primary N) is 1. The number of piperidine rings is 1. The molecule has 0 aliphatic carbocycles. The minimum absolute atomic E-state index is 0.0688. The molecule has 1 atom stereocenters. The van der Waals surface area contributed by atoms with Gasteiger partial charge in [-0.3, -0.25) is 9.59 Å². The number of nitrogens with zero attached hydrogens (tertiary/aromatic N) is 1. The normalized spacial score (nSPS) is 18.6. The average molecular weight is 276 g/mol. The molecule has 2 rings (SSSR count). The van der Waals surface area contributed by atoms with Crippen molar-refractivity contribution in [2.45, 2.75) is 12.8 Å². The van der Waals surface area contributed by atoms with Crippen LogP contribution in [0.2, 0.25) is 0 Å². The molecule has 2 amide bonds. The van der Waals surface area contributed by atoms with Crippen LogP contribution in [0.3, 0.4) is 0 Å². The summed E-state index contributed by atoms with van der Waals surface area (Å²) in [5, 5.41) is 8.93. The minimum atomic E-state index is -1.08. The van der Waals surface area contributed by atoms with Crippen molar-refractivity contribution in [3.63, 3.8) is 0 Å². The zero-order valence-electron chi connectivity index (χ0n) is 10.9. The molecule has 1 aliphatic heterocycles. The van der Waals surface area contributed by atoms with E-state index in [1.807, 2.05) is 0 Å². The summed E-state index contributed by atoms with van der Waals surface area (Å²) in [7, 11) is 0. The summed E-state index contributed by atoms with van der Waals surface area (Å²) < 4.78 is 0. The quantitative estimate of drug-likeness (QED) is 0.849. The zero-order valence-corrected chi connectivity index (χ0v) is 10.9. The van der Waals surface area contributed by atoms with Gasteiger partial charge in [0.25, 0.3) is 5.91 Å². The Morgan fingerprint density at radius 3 is 2.60 bits per heavy atom. The van der Waals surface area contributed by atoms with Crippen LogP contribution in [0.4, 0.5) is 0 Å². The SMILES string of the molecule is NC(=O)C1CCCN(C(=O)c2cccc(C(=O)O)c2)C1. The molecule has 0 spiro atoms. The Hall–Kier alpha value is -2.37. The molecule has 1 heterocycles. The first-order chi connectivity index (χ1) is 9.49. The third kappa shape index (κ3) is 2.96. The Bertz CT molecular complexity index is 556. The number of carbonyl (C=O) groups excluding carboxylic acids is 2. The number of aromatic carboxylic acids is 1. The number of rotatable bonds is 3. The van der Waals surface area contributed by atoms with Gasteiger partial charge in [-0.1, -0.05) is 6.07 Å². The van der Waals surface area contributed by atoms with E-state index in [-0.39, 0.29) is 17.4 Å². The molecule has 6 heteroatoms. The van der Waals surface area contributed by atoms with E-state index < -0.39 is 11.9 Å². The van der Waals surface area contributed by atoms with Gasteiger partial charge >= 0.3 is 5.97 Å². The van der Waals surface area contributed by atoms with Crippen LogP contribution >= 0.6 is 0 Å². The van der Waals surface area contributed by atoms with Gasteiger partial charge in [-0.05, 0) is 31.0 Å². The second-order valence-electron chi connectivity index (χ2n) is 4.88. The van der Waals surface area contributed by atoms with Crippen LogP contribution in [0.1, 0.15) is 33.6 Å². The van der Waals surface area contributed by atoms with Crippen molar-refractivity contribution in [1.82, 2.24) is 4.90 Å². The molecular weight excluding hydrogens is 260 g/mol. The van der Waals surface area contributed by atoms with Crippen LogP contribution in [0.25, 0.3) is 0 Å². The largest absolute Gasteiger partial charge is 0.478 e. The number of amides is 2. The van der Waals surface area contributed by atoms with Gasteiger partial charge in [0, 0.05) is 18.7 Å². The van der Waals surface area contributed by atoms with Gasteiger partial charge in [-0.2, -0.15) is 0 Å². The predicted molar refractivity (Wildman–Crippen MR) is 71.2 cm³/mol. The van der Waals surface area contributed by atoms with Gasteiger partial charge in [-0.25, -0.2) is 4.79 Å². The van der Waals surface area contributed by atoms with E-state index in [1.54, 1.807) is 11.0 Å². The van der Waals surface area contributed by atoms with E-state index in [0.29, 0.717) is 25.1 Å².